The van der Waals surface area contributed by atoms with Crippen LogP contribution in [0.3, 0.4) is 0 Å². The van der Waals surface area contributed by atoms with Crippen molar-refractivity contribution in [3.63, 3.8) is 0 Å². The molecular formula is C14H21N7. The van der Waals surface area contributed by atoms with Crippen LogP contribution in [0.15, 0.2) is 30.3 Å². The van der Waals surface area contributed by atoms with Crippen molar-refractivity contribution in [2.75, 3.05) is 42.9 Å². The van der Waals surface area contributed by atoms with Crippen LogP contribution in [-0.2, 0) is 6.42 Å². The van der Waals surface area contributed by atoms with Crippen LogP contribution in [0, 0.1) is 0 Å². The molecule has 0 aliphatic rings. The fourth-order valence-corrected chi connectivity index (χ4v) is 1.83. The number of hydrogen-bond donors (Lipinski definition) is 2. The number of anilines is 3. The van der Waals surface area contributed by atoms with E-state index in [4.69, 9.17) is 5.84 Å². The van der Waals surface area contributed by atoms with E-state index < -0.39 is 0 Å². The van der Waals surface area contributed by atoms with Crippen molar-refractivity contribution in [1.29, 1.82) is 0 Å². The van der Waals surface area contributed by atoms with Gasteiger partial charge in [0.15, 0.2) is 0 Å². The maximum Gasteiger partial charge on any atom is 0.243 e. The number of benzene rings is 1. The van der Waals surface area contributed by atoms with Gasteiger partial charge in [0.05, 0.1) is 0 Å². The summed E-state index contributed by atoms with van der Waals surface area (Å²) >= 11 is 0. The van der Waals surface area contributed by atoms with Crippen LogP contribution in [0.25, 0.3) is 0 Å². The SMILES string of the molecule is CN(C)c1nc(NN)nc(N(C)CCc2ccccc2)n1. The van der Waals surface area contributed by atoms with Gasteiger partial charge in [-0.15, -0.1) is 0 Å². The van der Waals surface area contributed by atoms with Crippen LogP contribution in [0.5, 0.6) is 0 Å². The minimum Gasteiger partial charge on any atom is -0.347 e. The highest BCUT2D eigenvalue weighted by Crippen LogP contribution is 2.14. The second-order valence-electron chi connectivity index (χ2n) is 4.95. The van der Waals surface area contributed by atoms with Gasteiger partial charge in [-0.05, 0) is 12.0 Å². The Kier molecular flexibility index (Phi) is 4.89. The first-order valence-corrected chi connectivity index (χ1v) is 6.75. The van der Waals surface area contributed by atoms with Crippen molar-refractivity contribution in [2.24, 2.45) is 5.84 Å². The molecule has 21 heavy (non-hydrogen) atoms. The summed E-state index contributed by atoms with van der Waals surface area (Å²) in [6, 6.07) is 10.3. The fourth-order valence-electron chi connectivity index (χ4n) is 1.83. The first-order chi connectivity index (χ1) is 10.1. The van der Waals surface area contributed by atoms with Gasteiger partial charge in [-0.3, -0.25) is 5.43 Å². The summed E-state index contributed by atoms with van der Waals surface area (Å²) in [5.41, 5.74) is 3.76. The molecule has 0 amide bonds. The number of hydrogen-bond acceptors (Lipinski definition) is 7. The van der Waals surface area contributed by atoms with Crippen molar-refractivity contribution in [3.8, 4) is 0 Å². The van der Waals surface area contributed by atoms with E-state index in [0.29, 0.717) is 17.8 Å². The van der Waals surface area contributed by atoms with Gasteiger partial charge in [0.1, 0.15) is 0 Å². The lowest BCUT2D eigenvalue weighted by Crippen LogP contribution is -2.26. The van der Waals surface area contributed by atoms with Crippen LogP contribution in [0.2, 0.25) is 0 Å². The van der Waals surface area contributed by atoms with E-state index in [1.54, 1.807) is 0 Å². The minimum absolute atomic E-state index is 0.357. The average molecular weight is 287 g/mol. The highest BCUT2D eigenvalue weighted by atomic mass is 15.4. The Morgan fingerprint density at radius 3 is 2.29 bits per heavy atom. The number of nitrogens with zero attached hydrogens (tertiary/aromatic N) is 5. The number of likely N-dealkylation sites (N-methyl/N-ethyl adjacent to an activating group) is 1. The highest BCUT2D eigenvalue weighted by Gasteiger charge is 2.11. The molecule has 0 saturated heterocycles. The summed E-state index contributed by atoms with van der Waals surface area (Å²) in [6.45, 7) is 0.810. The topological polar surface area (TPSA) is 83.2 Å². The molecule has 2 rings (SSSR count). The quantitative estimate of drug-likeness (QED) is 0.603. The molecule has 0 fully saturated rings. The Hall–Kier alpha value is -2.41. The molecule has 0 radical (unpaired) electrons. The molecule has 0 spiro atoms. The van der Waals surface area contributed by atoms with E-state index in [1.807, 2.05) is 49.1 Å². The first kappa shape index (κ1) is 15.0. The van der Waals surface area contributed by atoms with Gasteiger partial charge in [0, 0.05) is 27.7 Å². The van der Waals surface area contributed by atoms with Crippen LogP contribution < -0.4 is 21.1 Å². The number of nitrogens with two attached hydrogens (primary N) is 1. The Morgan fingerprint density at radius 1 is 1.00 bits per heavy atom. The average Bonchev–Trinajstić information content (AvgIpc) is 2.53. The van der Waals surface area contributed by atoms with Crippen LogP contribution >= 0.6 is 0 Å². The molecule has 7 heteroatoms. The third-order valence-electron chi connectivity index (χ3n) is 3.06. The van der Waals surface area contributed by atoms with Crippen molar-refractivity contribution in [3.05, 3.63) is 35.9 Å². The predicted octanol–water partition coefficient (Wildman–Crippen LogP) is 0.902. The highest BCUT2D eigenvalue weighted by molar-refractivity contribution is 5.43. The number of aromatic nitrogens is 3. The summed E-state index contributed by atoms with van der Waals surface area (Å²) in [5, 5.41) is 0. The van der Waals surface area contributed by atoms with Gasteiger partial charge in [0.25, 0.3) is 0 Å². The van der Waals surface area contributed by atoms with Crippen LogP contribution in [0.1, 0.15) is 5.56 Å². The normalized spacial score (nSPS) is 10.3. The zero-order valence-electron chi connectivity index (χ0n) is 12.6. The van der Waals surface area contributed by atoms with E-state index in [0.717, 1.165) is 13.0 Å². The summed E-state index contributed by atoms with van der Waals surface area (Å²) in [7, 11) is 5.71. The molecule has 0 bridgehead atoms. The fraction of sp³-hybridized carbons (Fsp3) is 0.357. The smallest absolute Gasteiger partial charge is 0.243 e. The molecule has 1 aromatic carbocycles. The van der Waals surface area contributed by atoms with Gasteiger partial charge >= 0.3 is 0 Å². The zero-order chi connectivity index (χ0) is 15.2. The van der Waals surface area contributed by atoms with Crippen LogP contribution in [0.4, 0.5) is 17.8 Å². The lowest BCUT2D eigenvalue weighted by Gasteiger charge is -2.19. The molecule has 2 aromatic rings. The lowest BCUT2D eigenvalue weighted by molar-refractivity contribution is 0.822. The Morgan fingerprint density at radius 2 is 1.67 bits per heavy atom. The number of hydrazine groups is 1. The second-order valence-corrected chi connectivity index (χ2v) is 4.95. The monoisotopic (exact) mass is 287 g/mol. The molecule has 112 valence electrons. The molecule has 3 N–H and O–H groups in total. The standard InChI is InChI=1S/C14H21N7/c1-20(2)13-16-12(19-15)17-14(18-13)21(3)10-9-11-7-5-4-6-8-11/h4-8H,9-10,15H2,1-3H3,(H,16,17,18,19). The predicted molar refractivity (Wildman–Crippen MR) is 85.4 cm³/mol. The minimum atomic E-state index is 0.357. The van der Waals surface area contributed by atoms with Crippen LogP contribution in [-0.4, -0.2) is 42.6 Å². The molecule has 0 atom stereocenters. The number of nitrogens with one attached hydrogen (secondary N) is 1. The lowest BCUT2D eigenvalue weighted by atomic mass is 10.1. The van der Waals surface area contributed by atoms with Crippen molar-refractivity contribution in [1.82, 2.24) is 15.0 Å². The van der Waals surface area contributed by atoms with Gasteiger partial charge < -0.3 is 9.80 Å². The van der Waals surface area contributed by atoms with Gasteiger partial charge in [-0.25, -0.2) is 5.84 Å². The third kappa shape index (κ3) is 4.03. The summed E-state index contributed by atoms with van der Waals surface area (Å²) in [4.78, 5) is 16.7. The van der Waals surface area contributed by atoms with Crippen molar-refractivity contribution in [2.45, 2.75) is 6.42 Å². The molecule has 1 heterocycles. The summed E-state index contributed by atoms with van der Waals surface area (Å²) < 4.78 is 0. The molecule has 7 nitrogen and oxygen atoms in total. The molecule has 0 saturated carbocycles. The van der Waals surface area contributed by atoms with E-state index >= 15 is 0 Å². The van der Waals surface area contributed by atoms with E-state index in [2.05, 4.69) is 32.5 Å². The van der Waals surface area contributed by atoms with Gasteiger partial charge in [-0.2, -0.15) is 15.0 Å². The maximum atomic E-state index is 5.41. The van der Waals surface area contributed by atoms with Crippen molar-refractivity contribution >= 4 is 17.8 Å². The Balaban J connectivity index is 2.11. The van der Waals surface area contributed by atoms with Gasteiger partial charge in [-0.1, -0.05) is 30.3 Å². The van der Waals surface area contributed by atoms with E-state index in [-0.39, 0.29) is 0 Å². The Bertz CT molecular complexity index is 571. The number of rotatable bonds is 6. The zero-order valence-corrected chi connectivity index (χ0v) is 12.6. The summed E-state index contributed by atoms with van der Waals surface area (Å²) in [5.74, 6) is 6.93. The second kappa shape index (κ2) is 6.85. The van der Waals surface area contributed by atoms with E-state index in [9.17, 15) is 0 Å². The third-order valence-corrected chi connectivity index (χ3v) is 3.06. The summed E-state index contributed by atoms with van der Waals surface area (Å²) in [6.07, 6.45) is 0.922. The Labute approximate surface area is 124 Å². The first-order valence-electron chi connectivity index (χ1n) is 6.75. The largest absolute Gasteiger partial charge is 0.347 e. The molecule has 0 aliphatic heterocycles. The molecule has 0 unspecified atom stereocenters. The molecular weight excluding hydrogens is 266 g/mol. The van der Waals surface area contributed by atoms with Gasteiger partial charge in [0.2, 0.25) is 17.8 Å². The number of nitrogen functional groups attached to an aromatic ring is 1. The van der Waals surface area contributed by atoms with Crippen molar-refractivity contribution < 1.29 is 0 Å². The molecule has 1 aromatic heterocycles. The van der Waals surface area contributed by atoms with E-state index in [1.165, 1.54) is 5.56 Å². The maximum absolute atomic E-state index is 5.41. The molecule has 0 aliphatic carbocycles.